The number of amidine groups is 1. The fourth-order valence-electron chi connectivity index (χ4n) is 2.05. The Kier molecular flexibility index (Phi) is 3.27. The van der Waals surface area contributed by atoms with E-state index in [1.54, 1.807) is 0 Å². The molecule has 1 amide bonds. The van der Waals surface area contributed by atoms with E-state index >= 15 is 0 Å². The fraction of sp³-hybridized carbons (Fsp3) is 0.333. The molecule has 0 radical (unpaired) electrons. The minimum Gasteiger partial charge on any atom is -0.409 e. The van der Waals surface area contributed by atoms with Crippen LogP contribution < -0.4 is 11.1 Å². The van der Waals surface area contributed by atoms with Gasteiger partial charge in [0.1, 0.15) is 5.84 Å². The second kappa shape index (κ2) is 4.86. The Bertz CT molecular complexity index is 469. The van der Waals surface area contributed by atoms with Crippen LogP contribution >= 0.6 is 0 Å². The average molecular weight is 233 g/mol. The highest BCUT2D eigenvalue weighted by Crippen LogP contribution is 2.24. The first kappa shape index (κ1) is 11.4. The van der Waals surface area contributed by atoms with Crippen molar-refractivity contribution in [1.29, 1.82) is 0 Å². The first-order valence-electron chi connectivity index (χ1n) is 5.57. The number of hydrogen-bond acceptors (Lipinski definition) is 3. The number of fused-ring (bicyclic) bond motifs is 1. The van der Waals surface area contributed by atoms with Crippen molar-refractivity contribution in [2.45, 2.75) is 25.7 Å². The largest absolute Gasteiger partial charge is 0.409 e. The summed E-state index contributed by atoms with van der Waals surface area (Å²) in [5.41, 5.74) is 8.68. The molecule has 5 nitrogen and oxygen atoms in total. The maximum absolute atomic E-state index is 11.5. The molecular weight excluding hydrogens is 218 g/mol. The third kappa shape index (κ3) is 2.75. The van der Waals surface area contributed by atoms with Crippen molar-refractivity contribution in [2.24, 2.45) is 10.9 Å². The molecule has 17 heavy (non-hydrogen) atoms. The molecule has 0 saturated heterocycles. The van der Waals surface area contributed by atoms with E-state index in [0.717, 1.165) is 18.5 Å². The van der Waals surface area contributed by atoms with E-state index in [0.29, 0.717) is 0 Å². The highest BCUT2D eigenvalue weighted by Gasteiger charge is 2.12. The molecule has 0 aliphatic heterocycles. The van der Waals surface area contributed by atoms with Crippen molar-refractivity contribution in [2.75, 3.05) is 5.32 Å². The van der Waals surface area contributed by atoms with E-state index in [-0.39, 0.29) is 18.2 Å². The Morgan fingerprint density at radius 3 is 2.94 bits per heavy atom. The van der Waals surface area contributed by atoms with Crippen LogP contribution in [0.5, 0.6) is 0 Å². The van der Waals surface area contributed by atoms with Gasteiger partial charge in [0.05, 0.1) is 6.42 Å². The lowest BCUT2D eigenvalue weighted by Gasteiger charge is -2.06. The van der Waals surface area contributed by atoms with Crippen molar-refractivity contribution in [3.05, 3.63) is 29.3 Å². The van der Waals surface area contributed by atoms with Crippen LogP contribution in [-0.2, 0) is 17.6 Å². The van der Waals surface area contributed by atoms with Gasteiger partial charge in [-0.15, -0.1) is 0 Å². The molecule has 0 aromatic heterocycles. The summed E-state index contributed by atoms with van der Waals surface area (Å²) in [6.07, 6.45) is 3.26. The lowest BCUT2D eigenvalue weighted by Crippen LogP contribution is -2.22. The molecule has 1 aliphatic carbocycles. The predicted molar refractivity (Wildman–Crippen MR) is 65.1 cm³/mol. The third-order valence-electron chi connectivity index (χ3n) is 2.85. The number of nitrogens with one attached hydrogen (secondary N) is 1. The highest BCUT2D eigenvalue weighted by atomic mass is 16.4. The van der Waals surface area contributed by atoms with Gasteiger partial charge in [-0.2, -0.15) is 0 Å². The molecule has 0 heterocycles. The Morgan fingerprint density at radius 2 is 2.18 bits per heavy atom. The van der Waals surface area contributed by atoms with Gasteiger partial charge in [0.25, 0.3) is 0 Å². The molecular formula is C12H15N3O2. The van der Waals surface area contributed by atoms with E-state index in [4.69, 9.17) is 10.9 Å². The monoisotopic (exact) mass is 233 g/mol. The van der Waals surface area contributed by atoms with Crippen LogP contribution in [0.1, 0.15) is 24.0 Å². The minimum absolute atomic E-state index is 0.0938. The first-order chi connectivity index (χ1) is 8.19. The van der Waals surface area contributed by atoms with Gasteiger partial charge in [-0.1, -0.05) is 11.2 Å². The number of rotatable bonds is 3. The molecule has 1 aromatic rings. The van der Waals surface area contributed by atoms with E-state index in [1.807, 2.05) is 18.2 Å². The van der Waals surface area contributed by atoms with Crippen LogP contribution in [0.3, 0.4) is 0 Å². The summed E-state index contributed by atoms with van der Waals surface area (Å²) in [5, 5.41) is 13.8. The number of benzene rings is 1. The van der Waals surface area contributed by atoms with Crippen LogP contribution in [0, 0.1) is 0 Å². The number of nitrogens with two attached hydrogens (primary N) is 1. The number of hydrogen-bond donors (Lipinski definition) is 3. The number of carbonyl (C=O) groups excluding carboxylic acids is 1. The van der Waals surface area contributed by atoms with Crippen molar-refractivity contribution in [1.82, 2.24) is 0 Å². The first-order valence-corrected chi connectivity index (χ1v) is 5.57. The van der Waals surface area contributed by atoms with Gasteiger partial charge in [-0.3, -0.25) is 4.79 Å². The minimum atomic E-state index is -0.279. The predicted octanol–water partition coefficient (Wildman–Crippen LogP) is 1.25. The summed E-state index contributed by atoms with van der Waals surface area (Å²) >= 11 is 0. The summed E-state index contributed by atoms with van der Waals surface area (Å²) in [7, 11) is 0. The zero-order chi connectivity index (χ0) is 12.3. The number of oxime groups is 1. The molecule has 0 spiro atoms. The van der Waals surface area contributed by atoms with Crippen LogP contribution in [0.2, 0.25) is 0 Å². The Balaban J connectivity index is 2.02. The second-order valence-electron chi connectivity index (χ2n) is 4.15. The van der Waals surface area contributed by atoms with Crippen molar-refractivity contribution >= 4 is 17.4 Å². The van der Waals surface area contributed by atoms with Crippen LogP contribution in [0.4, 0.5) is 5.69 Å². The van der Waals surface area contributed by atoms with Crippen molar-refractivity contribution < 1.29 is 10.0 Å². The maximum atomic E-state index is 11.5. The van der Waals surface area contributed by atoms with Gasteiger partial charge in [-0.05, 0) is 42.5 Å². The molecule has 2 rings (SSSR count). The third-order valence-corrected chi connectivity index (χ3v) is 2.85. The van der Waals surface area contributed by atoms with Gasteiger partial charge in [0.15, 0.2) is 0 Å². The molecule has 4 N–H and O–H groups in total. The number of aryl methyl sites for hydroxylation is 2. The molecule has 0 fully saturated rings. The van der Waals surface area contributed by atoms with Gasteiger partial charge in [0, 0.05) is 5.69 Å². The SMILES string of the molecule is N/C(CC(=O)Nc1ccc2c(c1)CCC2)=N\O. The molecule has 5 heteroatoms. The second-order valence-corrected chi connectivity index (χ2v) is 4.15. The van der Waals surface area contributed by atoms with Gasteiger partial charge in [0.2, 0.25) is 5.91 Å². The average Bonchev–Trinajstić information content (AvgIpc) is 2.75. The normalized spacial score (nSPS) is 14.5. The van der Waals surface area contributed by atoms with Gasteiger partial charge >= 0.3 is 0 Å². The van der Waals surface area contributed by atoms with Crippen molar-refractivity contribution in [3.63, 3.8) is 0 Å². The fourth-order valence-corrected chi connectivity index (χ4v) is 2.05. The number of carbonyl (C=O) groups is 1. The van der Waals surface area contributed by atoms with E-state index in [9.17, 15) is 4.79 Å². The molecule has 1 aliphatic rings. The molecule has 0 atom stereocenters. The van der Waals surface area contributed by atoms with E-state index < -0.39 is 0 Å². The molecule has 0 saturated carbocycles. The van der Waals surface area contributed by atoms with Crippen LogP contribution in [0.25, 0.3) is 0 Å². The van der Waals surface area contributed by atoms with Gasteiger partial charge < -0.3 is 16.3 Å². The summed E-state index contributed by atoms with van der Waals surface area (Å²) in [4.78, 5) is 11.5. The molecule has 1 aromatic carbocycles. The summed E-state index contributed by atoms with van der Waals surface area (Å²) in [6, 6.07) is 5.92. The van der Waals surface area contributed by atoms with Crippen molar-refractivity contribution in [3.8, 4) is 0 Å². The smallest absolute Gasteiger partial charge is 0.232 e. The standard InChI is InChI=1S/C12H15N3O2/c13-11(15-17)7-12(16)14-10-5-4-8-2-1-3-9(8)6-10/h4-6,17H,1-3,7H2,(H2,13,15)(H,14,16). The van der Waals surface area contributed by atoms with E-state index in [2.05, 4.69) is 10.5 Å². The number of anilines is 1. The summed E-state index contributed by atoms with van der Waals surface area (Å²) in [5.74, 6) is -0.373. The molecule has 0 bridgehead atoms. The molecule has 0 unspecified atom stereocenters. The quantitative estimate of drug-likeness (QED) is 0.318. The number of nitrogens with zero attached hydrogens (tertiary/aromatic N) is 1. The summed E-state index contributed by atoms with van der Waals surface area (Å²) in [6.45, 7) is 0. The lowest BCUT2D eigenvalue weighted by atomic mass is 10.1. The Morgan fingerprint density at radius 1 is 1.41 bits per heavy atom. The highest BCUT2D eigenvalue weighted by molar-refractivity contribution is 6.04. The van der Waals surface area contributed by atoms with Crippen LogP contribution in [0.15, 0.2) is 23.4 Å². The Hall–Kier alpha value is -2.04. The number of amides is 1. The van der Waals surface area contributed by atoms with Gasteiger partial charge in [-0.25, -0.2) is 0 Å². The molecule has 90 valence electrons. The topological polar surface area (TPSA) is 87.7 Å². The lowest BCUT2D eigenvalue weighted by molar-refractivity contribution is -0.115. The summed E-state index contributed by atoms with van der Waals surface area (Å²) < 4.78 is 0. The van der Waals surface area contributed by atoms with E-state index in [1.165, 1.54) is 17.5 Å². The maximum Gasteiger partial charge on any atom is 0.232 e. The zero-order valence-corrected chi connectivity index (χ0v) is 9.44. The zero-order valence-electron chi connectivity index (χ0n) is 9.44. The van der Waals surface area contributed by atoms with Crippen LogP contribution in [-0.4, -0.2) is 17.0 Å². The Labute approximate surface area is 99.3 Å².